The molecule has 3 rings (SSSR count). The maximum absolute atomic E-state index is 12.0. The number of rotatable bonds is 4. The van der Waals surface area contributed by atoms with Crippen molar-refractivity contribution in [2.75, 3.05) is 11.4 Å². The number of anilines is 1. The van der Waals surface area contributed by atoms with Crippen LogP contribution in [-0.4, -0.2) is 24.5 Å². The van der Waals surface area contributed by atoms with Crippen molar-refractivity contribution in [1.29, 1.82) is 0 Å². The Morgan fingerprint density at radius 2 is 2.00 bits per heavy atom. The molecule has 5 nitrogen and oxygen atoms in total. The summed E-state index contributed by atoms with van der Waals surface area (Å²) in [5, 5.41) is 6.02. The number of nitrogens with zero attached hydrogens (tertiary/aromatic N) is 1. The maximum Gasteiger partial charge on any atom is 0.315 e. The number of carbonyl (C=O) groups excluding carboxylic acids is 2. The van der Waals surface area contributed by atoms with E-state index in [1.807, 2.05) is 24.0 Å². The highest BCUT2D eigenvalue weighted by Gasteiger charge is 2.23. The van der Waals surface area contributed by atoms with Crippen molar-refractivity contribution in [3.05, 3.63) is 29.3 Å². The van der Waals surface area contributed by atoms with E-state index in [-0.39, 0.29) is 11.9 Å². The molecular weight excluding hydrogens is 302 g/mol. The van der Waals surface area contributed by atoms with E-state index in [0.29, 0.717) is 19.0 Å². The van der Waals surface area contributed by atoms with Crippen LogP contribution in [0.15, 0.2) is 18.2 Å². The molecule has 3 amide bonds. The van der Waals surface area contributed by atoms with Crippen LogP contribution in [0.1, 0.15) is 56.6 Å². The predicted octanol–water partition coefficient (Wildman–Crippen LogP) is 3.12. The van der Waals surface area contributed by atoms with Gasteiger partial charge < -0.3 is 15.5 Å². The van der Waals surface area contributed by atoms with Crippen molar-refractivity contribution < 1.29 is 9.59 Å². The fourth-order valence-corrected chi connectivity index (χ4v) is 3.68. The summed E-state index contributed by atoms with van der Waals surface area (Å²) < 4.78 is 0. The minimum absolute atomic E-state index is 0.0785. The summed E-state index contributed by atoms with van der Waals surface area (Å²) in [6, 6.07) is 6.36. The maximum atomic E-state index is 12.0. The molecule has 1 heterocycles. The smallest absolute Gasteiger partial charge is 0.315 e. The molecule has 0 saturated heterocycles. The van der Waals surface area contributed by atoms with Crippen molar-refractivity contribution in [3.8, 4) is 0 Å². The first-order valence-corrected chi connectivity index (χ1v) is 9.14. The minimum atomic E-state index is -0.0785. The lowest BCUT2D eigenvalue weighted by Crippen LogP contribution is -2.42. The van der Waals surface area contributed by atoms with Gasteiger partial charge in [-0.3, -0.25) is 4.79 Å². The lowest BCUT2D eigenvalue weighted by molar-refractivity contribution is -0.118. The van der Waals surface area contributed by atoms with Crippen molar-refractivity contribution >= 4 is 17.6 Å². The van der Waals surface area contributed by atoms with Crippen LogP contribution in [0, 0.1) is 0 Å². The second-order valence-electron chi connectivity index (χ2n) is 6.77. The standard InChI is InChI=1S/C19H27N3O2/c1-2-18(23)22-11-10-15-12-14(8-9-17(15)22)13-20-19(24)21-16-6-4-3-5-7-16/h8-9,12,16H,2-7,10-11,13H2,1H3,(H2,20,21,24). The highest BCUT2D eigenvalue weighted by atomic mass is 16.2. The number of urea groups is 1. The molecular formula is C19H27N3O2. The largest absolute Gasteiger partial charge is 0.335 e. The van der Waals surface area contributed by atoms with E-state index in [4.69, 9.17) is 0 Å². The van der Waals surface area contributed by atoms with Crippen LogP contribution in [0.3, 0.4) is 0 Å². The second-order valence-corrected chi connectivity index (χ2v) is 6.77. The van der Waals surface area contributed by atoms with E-state index in [2.05, 4.69) is 16.7 Å². The number of benzene rings is 1. The van der Waals surface area contributed by atoms with Gasteiger partial charge >= 0.3 is 6.03 Å². The lowest BCUT2D eigenvalue weighted by Gasteiger charge is -2.23. The summed E-state index contributed by atoms with van der Waals surface area (Å²) in [5.74, 6) is 0.173. The van der Waals surface area contributed by atoms with Crippen LogP contribution in [0.25, 0.3) is 0 Å². The fourth-order valence-electron chi connectivity index (χ4n) is 3.68. The number of nitrogens with one attached hydrogen (secondary N) is 2. The first-order chi connectivity index (χ1) is 11.7. The zero-order chi connectivity index (χ0) is 16.9. The Balaban J connectivity index is 1.53. The Kier molecular flexibility index (Phi) is 5.38. The van der Waals surface area contributed by atoms with E-state index in [1.54, 1.807) is 0 Å². The van der Waals surface area contributed by atoms with Crippen LogP contribution in [0.4, 0.5) is 10.5 Å². The number of amides is 3. The quantitative estimate of drug-likeness (QED) is 0.891. The molecule has 5 heteroatoms. The molecule has 1 aliphatic carbocycles. The van der Waals surface area contributed by atoms with Crippen molar-refractivity contribution in [1.82, 2.24) is 10.6 Å². The molecule has 0 aromatic heterocycles. The van der Waals surface area contributed by atoms with Gasteiger partial charge in [-0.1, -0.05) is 38.3 Å². The van der Waals surface area contributed by atoms with Crippen LogP contribution in [0.2, 0.25) is 0 Å². The summed E-state index contributed by atoms with van der Waals surface area (Å²) in [5.41, 5.74) is 3.30. The van der Waals surface area contributed by atoms with Gasteiger partial charge in [0.2, 0.25) is 5.91 Å². The molecule has 0 unspecified atom stereocenters. The third-order valence-electron chi connectivity index (χ3n) is 5.04. The summed E-state index contributed by atoms with van der Waals surface area (Å²) in [4.78, 5) is 25.8. The highest BCUT2D eigenvalue weighted by molar-refractivity contribution is 5.95. The van der Waals surface area contributed by atoms with E-state index in [9.17, 15) is 9.59 Å². The van der Waals surface area contributed by atoms with Crippen LogP contribution >= 0.6 is 0 Å². The Labute approximate surface area is 143 Å². The molecule has 130 valence electrons. The van der Waals surface area contributed by atoms with Gasteiger partial charge in [-0.05, 0) is 36.5 Å². The van der Waals surface area contributed by atoms with Gasteiger partial charge in [0.15, 0.2) is 0 Å². The first kappa shape index (κ1) is 16.8. The van der Waals surface area contributed by atoms with Gasteiger partial charge in [-0.15, -0.1) is 0 Å². The van der Waals surface area contributed by atoms with Crippen molar-refractivity contribution in [3.63, 3.8) is 0 Å². The Morgan fingerprint density at radius 1 is 1.21 bits per heavy atom. The second kappa shape index (κ2) is 7.69. The van der Waals surface area contributed by atoms with Crippen molar-refractivity contribution in [2.24, 2.45) is 0 Å². The number of fused-ring (bicyclic) bond motifs is 1. The zero-order valence-electron chi connectivity index (χ0n) is 14.4. The molecule has 2 aliphatic rings. The van der Waals surface area contributed by atoms with Gasteiger partial charge in [-0.25, -0.2) is 4.79 Å². The zero-order valence-corrected chi connectivity index (χ0v) is 14.4. The van der Waals surface area contributed by atoms with Gasteiger partial charge in [0.25, 0.3) is 0 Å². The topological polar surface area (TPSA) is 61.4 Å². The van der Waals surface area contributed by atoms with E-state index in [0.717, 1.165) is 37.1 Å². The van der Waals surface area contributed by atoms with E-state index < -0.39 is 0 Å². The monoisotopic (exact) mass is 329 g/mol. The molecule has 1 fully saturated rings. The summed E-state index contributed by atoms with van der Waals surface area (Å²) in [7, 11) is 0. The van der Waals surface area contributed by atoms with Gasteiger partial charge in [-0.2, -0.15) is 0 Å². The Hall–Kier alpha value is -2.04. The molecule has 0 bridgehead atoms. The summed E-state index contributed by atoms with van der Waals surface area (Å²) in [6.45, 7) is 3.18. The van der Waals surface area contributed by atoms with Crippen molar-refractivity contribution in [2.45, 2.75) is 64.5 Å². The number of hydrogen-bond donors (Lipinski definition) is 2. The minimum Gasteiger partial charge on any atom is -0.335 e. The third-order valence-corrected chi connectivity index (χ3v) is 5.04. The molecule has 1 aliphatic heterocycles. The average molecular weight is 329 g/mol. The van der Waals surface area contributed by atoms with Gasteiger partial charge in [0.05, 0.1) is 0 Å². The van der Waals surface area contributed by atoms with Crippen LogP contribution in [-0.2, 0) is 17.8 Å². The molecule has 1 aromatic rings. The normalized spacial score (nSPS) is 17.5. The molecule has 1 saturated carbocycles. The Morgan fingerprint density at radius 3 is 2.75 bits per heavy atom. The average Bonchev–Trinajstić information content (AvgIpc) is 3.03. The first-order valence-electron chi connectivity index (χ1n) is 9.14. The molecule has 0 spiro atoms. The van der Waals surface area contributed by atoms with E-state index in [1.165, 1.54) is 24.8 Å². The summed E-state index contributed by atoms with van der Waals surface area (Å²) in [6.07, 6.45) is 7.31. The SMILES string of the molecule is CCC(=O)N1CCc2cc(CNC(=O)NC3CCCCC3)ccc21. The molecule has 0 atom stereocenters. The fraction of sp³-hybridized carbons (Fsp3) is 0.579. The summed E-state index contributed by atoms with van der Waals surface area (Å²) >= 11 is 0. The molecule has 1 aromatic carbocycles. The van der Waals surface area contributed by atoms with Crippen LogP contribution < -0.4 is 15.5 Å². The third kappa shape index (κ3) is 3.89. The van der Waals surface area contributed by atoms with Gasteiger partial charge in [0.1, 0.15) is 0 Å². The Bertz CT molecular complexity index is 609. The van der Waals surface area contributed by atoms with E-state index >= 15 is 0 Å². The predicted molar refractivity (Wildman–Crippen MR) is 95.0 cm³/mol. The molecule has 0 radical (unpaired) electrons. The lowest BCUT2D eigenvalue weighted by atomic mass is 9.96. The molecule has 2 N–H and O–H groups in total. The molecule has 24 heavy (non-hydrogen) atoms. The van der Waals surface area contributed by atoms with Crippen LogP contribution in [0.5, 0.6) is 0 Å². The highest BCUT2D eigenvalue weighted by Crippen LogP contribution is 2.29. The van der Waals surface area contributed by atoms with Gasteiger partial charge in [0, 0.05) is 31.2 Å². The number of hydrogen-bond acceptors (Lipinski definition) is 2. The number of carbonyl (C=O) groups is 2.